The standard InChI is InChI=1S/C34H65N2O4P/c1-5-7-8-9-10-11-12-13-14-15-16-17-18-19-21-25-33(24-6-2)32-40-41(37,38)39-31-23-20-22-28-36-29-26-34(27-30-36)35(3)4/h26-27,29-30,33H,5-25,28,31-32H2,1-4H3/p+1. The van der Waals surface area contributed by atoms with Gasteiger partial charge in [0, 0.05) is 38.3 Å². The minimum atomic E-state index is -3.98. The first kappa shape index (κ1) is 38.2. The fourth-order valence-electron chi connectivity index (χ4n) is 5.41. The highest BCUT2D eigenvalue weighted by molar-refractivity contribution is 7.52. The first-order valence-corrected chi connectivity index (χ1v) is 18.7. The maximum atomic E-state index is 12.4. The molecule has 0 fully saturated rings. The summed E-state index contributed by atoms with van der Waals surface area (Å²) >= 11 is 0. The second-order valence-corrected chi connectivity index (χ2v) is 13.7. The summed E-state index contributed by atoms with van der Waals surface area (Å²) < 4.78 is 12.8. The molecule has 0 aliphatic carbocycles. The molecular weight excluding hydrogens is 531 g/mol. The largest absolute Gasteiger partial charge is 0.606 e. The van der Waals surface area contributed by atoms with Crippen molar-refractivity contribution < 1.29 is 23.4 Å². The summed E-state index contributed by atoms with van der Waals surface area (Å²) in [5.41, 5.74) is 1.18. The lowest BCUT2D eigenvalue weighted by Gasteiger charge is -2.23. The Labute approximate surface area is 254 Å². The smallest absolute Gasteiger partial charge is 0.376 e. The average Bonchev–Trinajstić information content (AvgIpc) is 2.95. The van der Waals surface area contributed by atoms with Gasteiger partial charge in [0.05, 0.1) is 13.2 Å². The van der Waals surface area contributed by atoms with Gasteiger partial charge in [0.2, 0.25) is 0 Å². The number of unbranched alkanes of at least 4 members (excludes halogenated alkanes) is 16. The number of pyridine rings is 1. The lowest BCUT2D eigenvalue weighted by molar-refractivity contribution is -0.697. The zero-order valence-electron chi connectivity index (χ0n) is 27.4. The summed E-state index contributed by atoms with van der Waals surface area (Å²) in [5, 5.41) is 0. The average molecular weight is 598 g/mol. The third-order valence-electron chi connectivity index (χ3n) is 8.09. The predicted molar refractivity (Wildman–Crippen MR) is 174 cm³/mol. The Hall–Kier alpha value is -0.780. The molecule has 7 heteroatoms. The van der Waals surface area contributed by atoms with Gasteiger partial charge in [-0.2, -0.15) is 13.9 Å². The van der Waals surface area contributed by atoms with Crippen molar-refractivity contribution in [2.75, 3.05) is 32.2 Å². The fourth-order valence-corrected chi connectivity index (χ4v) is 6.24. The van der Waals surface area contributed by atoms with Crippen molar-refractivity contribution in [1.29, 1.82) is 0 Å². The molecule has 6 nitrogen and oxygen atoms in total. The topological polar surface area (TPSA) is 68.9 Å². The minimum Gasteiger partial charge on any atom is -0.606 e. The lowest BCUT2D eigenvalue weighted by atomic mass is 9.96. The number of hydrogen-bond acceptors (Lipinski definition) is 5. The van der Waals surface area contributed by atoms with Crippen molar-refractivity contribution >= 4 is 13.9 Å². The summed E-state index contributed by atoms with van der Waals surface area (Å²) in [6.45, 7) is 5.96. The van der Waals surface area contributed by atoms with Crippen LogP contribution in [0.25, 0.3) is 0 Å². The number of aromatic nitrogens is 1. The van der Waals surface area contributed by atoms with Gasteiger partial charge in [0.1, 0.15) is 6.54 Å². The van der Waals surface area contributed by atoms with E-state index in [0.717, 1.165) is 45.1 Å². The number of hydrogen-bond donors (Lipinski definition) is 1. The molecule has 2 unspecified atom stereocenters. The van der Waals surface area contributed by atoms with Crippen molar-refractivity contribution in [3.8, 4) is 0 Å². The van der Waals surface area contributed by atoms with Gasteiger partial charge < -0.3 is 9.79 Å². The van der Waals surface area contributed by atoms with Crippen molar-refractivity contribution in [2.24, 2.45) is 5.92 Å². The zero-order chi connectivity index (χ0) is 30.0. The fraction of sp³-hybridized carbons (Fsp3) is 0.853. The van der Waals surface area contributed by atoms with E-state index in [1.165, 1.54) is 102 Å². The first-order chi connectivity index (χ1) is 19.9. The number of anilines is 1. The second-order valence-electron chi connectivity index (χ2n) is 12.2. The summed E-state index contributed by atoms with van der Waals surface area (Å²) in [6, 6.07) is 4.21. The summed E-state index contributed by atoms with van der Waals surface area (Å²) in [6.07, 6.45) is 30.6. The van der Waals surface area contributed by atoms with Crippen LogP contribution in [-0.4, -0.2) is 32.2 Å². The molecule has 1 N–H and O–H groups in total. The molecule has 0 saturated heterocycles. The van der Waals surface area contributed by atoms with E-state index < -0.39 is 8.17 Å². The molecule has 0 radical (unpaired) electrons. The van der Waals surface area contributed by atoms with Crippen LogP contribution in [0.4, 0.5) is 5.69 Å². The Morgan fingerprint density at radius 2 is 1.22 bits per heavy atom. The highest BCUT2D eigenvalue weighted by Crippen LogP contribution is 2.48. The predicted octanol–water partition coefficient (Wildman–Crippen LogP) is 8.95. The van der Waals surface area contributed by atoms with Gasteiger partial charge in [-0.05, 0) is 31.6 Å². The molecule has 1 aromatic heterocycles. The molecule has 0 aromatic carbocycles. The lowest BCUT2D eigenvalue weighted by Crippen LogP contribution is -2.32. The van der Waals surface area contributed by atoms with Crippen LogP contribution >= 0.6 is 8.17 Å². The van der Waals surface area contributed by atoms with Gasteiger partial charge in [-0.15, -0.1) is 0 Å². The Morgan fingerprint density at radius 1 is 0.707 bits per heavy atom. The van der Waals surface area contributed by atoms with Crippen molar-refractivity contribution in [3.63, 3.8) is 0 Å². The van der Waals surface area contributed by atoms with E-state index >= 15 is 0 Å². The minimum absolute atomic E-state index is 0.259. The molecule has 1 rings (SSSR count). The molecule has 0 bridgehead atoms. The van der Waals surface area contributed by atoms with E-state index in [2.05, 4.69) is 47.8 Å². The summed E-state index contributed by atoms with van der Waals surface area (Å²) in [5.74, 6) is 0.335. The molecule has 0 amide bonds. The molecule has 0 saturated carbocycles. The van der Waals surface area contributed by atoms with E-state index in [0.29, 0.717) is 12.5 Å². The van der Waals surface area contributed by atoms with Crippen LogP contribution in [-0.2, 0) is 15.6 Å². The number of nitrogens with zero attached hydrogens (tertiary/aromatic N) is 2. The normalized spacial score (nSPS) is 13.8. The molecule has 1 aromatic rings. The molecule has 0 aliphatic rings. The van der Waals surface area contributed by atoms with Gasteiger partial charge in [0.25, 0.3) is 0 Å². The zero-order valence-corrected chi connectivity index (χ0v) is 28.3. The number of phosphoric acid groups is 1. The van der Waals surface area contributed by atoms with Gasteiger partial charge in [0.15, 0.2) is 12.4 Å². The second kappa shape index (κ2) is 25.7. The van der Waals surface area contributed by atoms with E-state index in [1.54, 1.807) is 0 Å². The molecule has 2 atom stereocenters. The third kappa shape index (κ3) is 22.4. The van der Waals surface area contributed by atoms with Crippen LogP contribution in [0.5, 0.6) is 0 Å². The summed E-state index contributed by atoms with van der Waals surface area (Å²) in [4.78, 5) is 24.6. The highest BCUT2D eigenvalue weighted by atomic mass is 31.2. The van der Waals surface area contributed by atoms with Crippen LogP contribution in [0.15, 0.2) is 24.5 Å². The van der Waals surface area contributed by atoms with E-state index in [9.17, 15) is 9.79 Å². The summed E-state index contributed by atoms with van der Waals surface area (Å²) in [7, 11) is 0.0965. The Morgan fingerprint density at radius 3 is 1.73 bits per heavy atom. The van der Waals surface area contributed by atoms with Crippen LogP contribution in [0, 0.1) is 5.92 Å². The van der Waals surface area contributed by atoms with E-state index in [4.69, 9.17) is 9.05 Å². The van der Waals surface area contributed by atoms with Gasteiger partial charge in [-0.1, -0.05) is 117 Å². The Kier molecular flexibility index (Phi) is 24.0. The van der Waals surface area contributed by atoms with Crippen LogP contribution in [0.2, 0.25) is 0 Å². The first-order valence-electron chi connectivity index (χ1n) is 17.2. The van der Waals surface area contributed by atoms with E-state index in [1.807, 2.05) is 14.1 Å². The van der Waals surface area contributed by atoms with Crippen LogP contribution in [0.3, 0.4) is 0 Å². The van der Waals surface area contributed by atoms with Crippen LogP contribution in [0.1, 0.15) is 149 Å². The maximum absolute atomic E-state index is 12.4. The van der Waals surface area contributed by atoms with Crippen molar-refractivity contribution in [1.82, 2.24) is 0 Å². The Bertz CT molecular complexity index is 702. The SMILES string of the molecule is CCCCCCCCCCCCCCCCCC(CCC)CO[P+]([O-])(O)OCCCCC[n+]1ccc(N(C)C)cc1. The molecule has 1 heterocycles. The number of aryl methyl sites for hydroxylation is 1. The third-order valence-corrected chi connectivity index (χ3v) is 9.08. The highest BCUT2D eigenvalue weighted by Gasteiger charge is 2.28. The van der Waals surface area contributed by atoms with Crippen molar-refractivity contribution in [2.45, 2.75) is 155 Å². The monoisotopic (exact) mass is 597 g/mol. The quantitative estimate of drug-likeness (QED) is 0.0567. The molecule has 240 valence electrons. The van der Waals surface area contributed by atoms with E-state index in [-0.39, 0.29) is 6.61 Å². The molecule has 0 spiro atoms. The number of rotatable bonds is 29. The maximum Gasteiger partial charge on any atom is 0.376 e. The van der Waals surface area contributed by atoms with Gasteiger partial charge >= 0.3 is 8.17 Å². The van der Waals surface area contributed by atoms with Crippen molar-refractivity contribution in [3.05, 3.63) is 24.5 Å². The molecule has 0 aliphatic heterocycles. The number of phosphoric ester groups is 1. The molecular formula is C34H66N2O4P+. The Balaban J connectivity index is 2.02. The van der Waals surface area contributed by atoms with Gasteiger partial charge in [-0.3, -0.25) is 0 Å². The van der Waals surface area contributed by atoms with Crippen LogP contribution < -0.4 is 14.4 Å². The van der Waals surface area contributed by atoms with Gasteiger partial charge in [-0.25, -0.2) is 4.57 Å². The molecule has 41 heavy (non-hydrogen) atoms.